The number of nitrogens with zero attached hydrogens (tertiary/aromatic N) is 4. The van der Waals surface area contributed by atoms with Gasteiger partial charge in [0.1, 0.15) is 24.6 Å². The van der Waals surface area contributed by atoms with Crippen LogP contribution in [-0.4, -0.2) is 66.3 Å². The molecule has 4 unspecified atom stereocenters. The fourth-order valence-electron chi connectivity index (χ4n) is 2.76. The van der Waals surface area contributed by atoms with Crippen molar-refractivity contribution < 1.29 is 20.1 Å². The van der Waals surface area contributed by atoms with Gasteiger partial charge in [0.25, 0.3) is 0 Å². The summed E-state index contributed by atoms with van der Waals surface area (Å²) in [5, 5.41) is 32.8. The molecule has 10 nitrogen and oxygen atoms in total. The van der Waals surface area contributed by atoms with Crippen LogP contribution in [0.3, 0.4) is 0 Å². The van der Waals surface area contributed by atoms with Crippen LogP contribution in [0.15, 0.2) is 6.33 Å². The van der Waals surface area contributed by atoms with Crippen LogP contribution in [0.2, 0.25) is 0 Å². The van der Waals surface area contributed by atoms with Gasteiger partial charge in [-0.2, -0.15) is 0 Å². The molecule has 2 aromatic heterocycles. The SMILES string of the molecule is CCCCNc1nc2c(N)ncnc2n1C1OC(CO)C(O)C1O. The summed E-state index contributed by atoms with van der Waals surface area (Å²) < 4.78 is 7.15. The average Bonchev–Trinajstić information content (AvgIpc) is 3.07. The van der Waals surface area contributed by atoms with E-state index in [9.17, 15) is 15.3 Å². The number of fused-ring (bicyclic) bond motifs is 1. The van der Waals surface area contributed by atoms with Gasteiger partial charge >= 0.3 is 0 Å². The molecule has 3 rings (SSSR count). The second-order valence-electron chi connectivity index (χ2n) is 5.75. The molecule has 1 aliphatic heterocycles. The lowest BCUT2D eigenvalue weighted by atomic mass is 10.1. The molecular weight excluding hydrogens is 316 g/mol. The van der Waals surface area contributed by atoms with E-state index in [4.69, 9.17) is 10.5 Å². The minimum Gasteiger partial charge on any atom is -0.394 e. The van der Waals surface area contributed by atoms with E-state index in [1.165, 1.54) is 6.33 Å². The Hall–Kier alpha value is -2.01. The average molecular weight is 338 g/mol. The first-order chi connectivity index (χ1) is 11.6. The largest absolute Gasteiger partial charge is 0.394 e. The van der Waals surface area contributed by atoms with Crippen molar-refractivity contribution >= 4 is 22.9 Å². The van der Waals surface area contributed by atoms with E-state index in [-0.39, 0.29) is 5.82 Å². The lowest BCUT2D eigenvalue weighted by Gasteiger charge is -2.19. The topological polar surface area (TPSA) is 152 Å². The van der Waals surface area contributed by atoms with Crippen LogP contribution in [0.1, 0.15) is 26.0 Å². The van der Waals surface area contributed by atoms with E-state index in [0.717, 1.165) is 12.8 Å². The number of hydrogen-bond donors (Lipinski definition) is 5. The minimum atomic E-state index is -1.23. The summed E-state index contributed by atoms with van der Waals surface area (Å²) in [7, 11) is 0. The molecule has 0 aliphatic carbocycles. The molecule has 2 aromatic rings. The van der Waals surface area contributed by atoms with Crippen LogP contribution in [0.5, 0.6) is 0 Å². The van der Waals surface area contributed by atoms with Gasteiger partial charge in [-0.05, 0) is 6.42 Å². The molecule has 3 heterocycles. The highest BCUT2D eigenvalue weighted by Gasteiger charge is 2.45. The Balaban J connectivity index is 2.04. The molecule has 10 heteroatoms. The lowest BCUT2D eigenvalue weighted by Crippen LogP contribution is -2.33. The molecule has 24 heavy (non-hydrogen) atoms. The van der Waals surface area contributed by atoms with Gasteiger partial charge in [-0.1, -0.05) is 13.3 Å². The Bertz CT molecular complexity index is 708. The Morgan fingerprint density at radius 2 is 2.12 bits per heavy atom. The number of nitrogen functional groups attached to an aromatic ring is 1. The molecule has 0 amide bonds. The summed E-state index contributed by atoms with van der Waals surface area (Å²) in [6.45, 7) is 2.33. The van der Waals surface area contributed by atoms with Gasteiger partial charge in [-0.3, -0.25) is 4.57 Å². The Morgan fingerprint density at radius 3 is 2.79 bits per heavy atom. The number of hydrogen-bond acceptors (Lipinski definition) is 9. The van der Waals surface area contributed by atoms with Gasteiger partial charge in [0.2, 0.25) is 5.95 Å². The number of anilines is 2. The molecule has 6 N–H and O–H groups in total. The first-order valence-corrected chi connectivity index (χ1v) is 7.93. The van der Waals surface area contributed by atoms with E-state index < -0.39 is 31.1 Å². The van der Waals surface area contributed by atoms with Crippen molar-refractivity contribution in [3.05, 3.63) is 6.33 Å². The summed E-state index contributed by atoms with van der Waals surface area (Å²) in [4.78, 5) is 12.5. The van der Waals surface area contributed by atoms with Crippen LogP contribution in [0, 0.1) is 0 Å². The fraction of sp³-hybridized carbons (Fsp3) is 0.643. The second kappa shape index (κ2) is 6.85. The Morgan fingerprint density at radius 1 is 1.33 bits per heavy atom. The highest BCUT2D eigenvalue weighted by molar-refractivity contribution is 5.84. The van der Waals surface area contributed by atoms with Crippen molar-refractivity contribution in [1.29, 1.82) is 0 Å². The maximum Gasteiger partial charge on any atom is 0.207 e. The highest BCUT2D eigenvalue weighted by Crippen LogP contribution is 2.34. The van der Waals surface area contributed by atoms with E-state index >= 15 is 0 Å². The number of nitrogens with one attached hydrogen (secondary N) is 1. The molecule has 1 fully saturated rings. The second-order valence-corrected chi connectivity index (χ2v) is 5.75. The number of ether oxygens (including phenoxy) is 1. The summed E-state index contributed by atoms with van der Waals surface area (Å²) in [5.74, 6) is 0.629. The normalized spacial score (nSPS) is 27.0. The number of aliphatic hydroxyl groups is 3. The fourth-order valence-corrected chi connectivity index (χ4v) is 2.76. The third kappa shape index (κ3) is 2.77. The summed E-state index contributed by atoms with van der Waals surface area (Å²) in [6.07, 6.45) is -1.04. The van der Waals surface area contributed by atoms with Crippen molar-refractivity contribution in [2.75, 3.05) is 24.2 Å². The summed E-state index contributed by atoms with van der Waals surface area (Å²) in [5.41, 5.74) is 6.63. The zero-order valence-electron chi connectivity index (χ0n) is 13.3. The molecule has 0 aromatic carbocycles. The third-order valence-corrected chi connectivity index (χ3v) is 4.09. The van der Waals surface area contributed by atoms with Gasteiger partial charge in [-0.15, -0.1) is 0 Å². The Labute approximate surface area is 138 Å². The molecular formula is C14H22N6O4. The van der Waals surface area contributed by atoms with E-state index in [1.807, 2.05) is 0 Å². The molecule has 0 bridgehead atoms. The lowest BCUT2D eigenvalue weighted by molar-refractivity contribution is -0.0501. The van der Waals surface area contributed by atoms with E-state index in [1.54, 1.807) is 4.57 Å². The first-order valence-electron chi connectivity index (χ1n) is 7.93. The molecule has 1 saturated heterocycles. The van der Waals surface area contributed by atoms with Crippen molar-refractivity contribution in [3.8, 4) is 0 Å². The maximum absolute atomic E-state index is 10.3. The highest BCUT2D eigenvalue weighted by atomic mass is 16.6. The maximum atomic E-state index is 10.3. The standard InChI is InChI=1S/C14H22N6O4/c1-2-3-4-16-14-19-8-11(15)17-6-18-12(8)20(14)13-10(23)9(22)7(5-21)24-13/h6-7,9-10,13,21-23H,2-5H2,1H3,(H,16,19)(H2,15,17,18). The van der Waals surface area contributed by atoms with Crippen molar-refractivity contribution in [2.45, 2.75) is 44.3 Å². The van der Waals surface area contributed by atoms with Gasteiger partial charge in [0.15, 0.2) is 23.2 Å². The van der Waals surface area contributed by atoms with Gasteiger partial charge in [0, 0.05) is 6.54 Å². The predicted molar refractivity (Wildman–Crippen MR) is 86.1 cm³/mol. The van der Waals surface area contributed by atoms with Gasteiger partial charge < -0.3 is 31.1 Å². The number of nitrogens with two attached hydrogens (primary N) is 1. The summed E-state index contributed by atoms with van der Waals surface area (Å²) >= 11 is 0. The van der Waals surface area contributed by atoms with Gasteiger partial charge in [0.05, 0.1) is 6.61 Å². The first kappa shape index (κ1) is 16.8. The number of aliphatic hydroxyl groups excluding tert-OH is 3. The number of aromatic nitrogens is 4. The number of unbranched alkanes of at least 4 members (excludes halogenated alkanes) is 1. The smallest absolute Gasteiger partial charge is 0.207 e. The zero-order chi connectivity index (χ0) is 17.3. The number of imidazole rings is 1. The quantitative estimate of drug-likeness (QED) is 0.428. The molecule has 0 spiro atoms. The van der Waals surface area contributed by atoms with E-state index in [0.29, 0.717) is 23.7 Å². The summed E-state index contributed by atoms with van der Waals surface area (Å²) in [6, 6.07) is 0. The van der Waals surface area contributed by atoms with Crippen LogP contribution >= 0.6 is 0 Å². The molecule has 0 saturated carbocycles. The monoisotopic (exact) mass is 338 g/mol. The molecule has 1 aliphatic rings. The third-order valence-electron chi connectivity index (χ3n) is 4.09. The van der Waals surface area contributed by atoms with Crippen LogP contribution < -0.4 is 11.1 Å². The van der Waals surface area contributed by atoms with Crippen molar-refractivity contribution in [1.82, 2.24) is 19.5 Å². The Kier molecular flexibility index (Phi) is 4.81. The zero-order valence-corrected chi connectivity index (χ0v) is 13.3. The predicted octanol–water partition coefficient (Wildman–Crippen LogP) is -0.768. The van der Waals surface area contributed by atoms with Crippen LogP contribution in [0.25, 0.3) is 11.2 Å². The van der Waals surface area contributed by atoms with Crippen LogP contribution in [-0.2, 0) is 4.74 Å². The van der Waals surface area contributed by atoms with E-state index in [2.05, 4.69) is 27.2 Å². The molecule has 4 atom stereocenters. The molecule has 132 valence electrons. The van der Waals surface area contributed by atoms with Crippen LogP contribution in [0.4, 0.5) is 11.8 Å². The van der Waals surface area contributed by atoms with Gasteiger partial charge in [-0.25, -0.2) is 15.0 Å². The number of rotatable bonds is 6. The molecule has 0 radical (unpaired) electrons. The van der Waals surface area contributed by atoms with Crippen molar-refractivity contribution in [2.24, 2.45) is 0 Å². The van der Waals surface area contributed by atoms with Crippen molar-refractivity contribution in [3.63, 3.8) is 0 Å². The minimum absolute atomic E-state index is 0.212.